The van der Waals surface area contributed by atoms with Gasteiger partial charge in [-0.2, -0.15) is 0 Å². The second-order valence-corrected chi connectivity index (χ2v) is 7.50. The first kappa shape index (κ1) is 17.5. The predicted octanol–water partition coefficient (Wildman–Crippen LogP) is 2.82. The molecule has 3 rings (SSSR count). The van der Waals surface area contributed by atoms with Gasteiger partial charge >= 0.3 is 5.76 Å². The smallest absolute Gasteiger partial charge is 0.417 e. The van der Waals surface area contributed by atoms with Crippen molar-refractivity contribution in [1.82, 2.24) is 9.71 Å². The molecule has 0 saturated heterocycles. The molecule has 0 aliphatic carbocycles. The molecule has 0 aliphatic rings. The topological polar surface area (TPSA) is 101 Å². The number of rotatable bonds is 5. The van der Waals surface area contributed by atoms with Crippen LogP contribution in [0.4, 0.5) is 0 Å². The molecule has 0 bridgehead atoms. The monoisotopic (exact) mass is 382 g/mol. The number of aromatic nitrogens is 1. The first-order valence-corrected chi connectivity index (χ1v) is 9.15. The molecule has 3 aromatic rings. The predicted molar refractivity (Wildman–Crippen MR) is 93.6 cm³/mol. The largest absolute Gasteiger partial charge is 0.497 e. The van der Waals surface area contributed by atoms with Crippen molar-refractivity contribution in [2.24, 2.45) is 0 Å². The Balaban J connectivity index is 1.92. The van der Waals surface area contributed by atoms with E-state index in [2.05, 4.69) is 9.71 Å². The highest BCUT2D eigenvalue weighted by Gasteiger charge is 2.23. The first-order chi connectivity index (χ1) is 11.8. The van der Waals surface area contributed by atoms with E-state index in [4.69, 9.17) is 20.8 Å². The zero-order valence-electron chi connectivity index (χ0n) is 13.4. The summed E-state index contributed by atoms with van der Waals surface area (Å²) >= 11 is 6.07. The third-order valence-corrected chi connectivity index (χ3v) is 5.72. The van der Waals surface area contributed by atoms with Gasteiger partial charge in [0.05, 0.1) is 17.6 Å². The molecular formula is C16H15ClN2O5S. The molecule has 0 saturated carbocycles. The van der Waals surface area contributed by atoms with Crippen molar-refractivity contribution in [2.45, 2.75) is 17.9 Å². The third-order valence-electron chi connectivity index (χ3n) is 3.71. The van der Waals surface area contributed by atoms with Gasteiger partial charge < -0.3 is 9.15 Å². The van der Waals surface area contributed by atoms with Crippen LogP contribution in [-0.4, -0.2) is 20.5 Å². The number of methoxy groups -OCH3 is 1. The van der Waals surface area contributed by atoms with Crippen LogP contribution >= 0.6 is 11.6 Å². The number of hydrogen-bond donors (Lipinski definition) is 2. The van der Waals surface area contributed by atoms with Gasteiger partial charge in [0.25, 0.3) is 0 Å². The third kappa shape index (κ3) is 3.55. The molecule has 2 N–H and O–H groups in total. The van der Waals surface area contributed by atoms with Crippen molar-refractivity contribution in [3.63, 3.8) is 0 Å². The van der Waals surface area contributed by atoms with E-state index in [9.17, 15) is 13.2 Å². The molecule has 0 amide bonds. The van der Waals surface area contributed by atoms with Crippen LogP contribution in [0, 0.1) is 0 Å². The van der Waals surface area contributed by atoms with Gasteiger partial charge in [-0.05, 0) is 30.7 Å². The molecule has 0 spiro atoms. The molecule has 0 radical (unpaired) electrons. The zero-order valence-corrected chi connectivity index (χ0v) is 14.9. The van der Waals surface area contributed by atoms with Gasteiger partial charge in [-0.3, -0.25) is 4.98 Å². The van der Waals surface area contributed by atoms with E-state index in [1.54, 1.807) is 38.3 Å². The number of ether oxygens (including phenoxy) is 1. The summed E-state index contributed by atoms with van der Waals surface area (Å²) in [5.74, 6) is -0.00466. The number of H-pyrrole nitrogens is 1. The van der Waals surface area contributed by atoms with E-state index in [1.807, 2.05) is 0 Å². The van der Waals surface area contributed by atoms with E-state index in [0.717, 1.165) is 5.56 Å². The summed E-state index contributed by atoms with van der Waals surface area (Å²) in [6.45, 7) is 1.71. The average Bonchev–Trinajstić information content (AvgIpc) is 2.92. The number of halogens is 1. The van der Waals surface area contributed by atoms with Gasteiger partial charge in [0, 0.05) is 12.1 Å². The number of sulfonamides is 1. The molecule has 2 aromatic carbocycles. The minimum Gasteiger partial charge on any atom is -0.497 e. The summed E-state index contributed by atoms with van der Waals surface area (Å²) < 4.78 is 37.9. The molecule has 1 atom stereocenters. The fraction of sp³-hybridized carbons (Fsp3) is 0.188. The van der Waals surface area contributed by atoms with Crippen molar-refractivity contribution in [2.75, 3.05) is 7.11 Å². The van der Waals surface area contributed by atoms with Crippen molar-refractivity contribution in [1.29, 1.82) is 0 Å². The summed E-state index contributed by atoms with van der Waals surface area (Å²) in [6, 6.07) is 9.08. The number of hydrogen-bond acceptors (Lipinski definition) is 5. The summed E-state index contributed by atoms with van der Waals surface area (Å²) in [5.41, 5.74) is 1.21. The number of benzene rings is 2. The summed E-state index contributed by atoms with van der Waals surface area (Å²) in [6.07, 6.45) is 0. The maximum atomic E-state index is 12.7. The van der Waals surface area contributed by atoms with Gasteiger partial charge in [-0.15, -0.1) is 0 Å². The standard InChI is InChI=1S/C16H15ClN2O5S/c1-9(10-3-5-11(23-2)6-4-10)19-25(21,22)15-8-14-13(7-12(15)17)18-16(20)24-14/h3-9,19H,1-2H3,(H,18,20). The summed E-state index contributed by atoms with van der Waals surface area (Å²) in [5, 5.41) is -0.0148. The fourth-order valence-electron chi connectivity index (χ4n) is 2.41. The maximum Gasteiger partial charge on any atom is 0.417 e. The van der Waals surface area contributed by atoms with Crippen molar-refractivity contribution in [3.8, 4) is 5.75 Å². The number of aromatic amines is 1. The Hall–Kier alpha value is -2.29. The zero-order chi connectivity index (χ0) is 18.2. The normalized spacial score (nSPS) is 13.1. The van der Waals surface area contributed by atoms with Crippen molar-refractivity contribution >= 4 is 32.7 Å². The van der Waals surface area contributed by atoms with E-state index in [-0.39, 0.29) is 15.5 Å². The van der Waals surface area contributed by atoms with Crippen LogP contribution in [0.15, 0.2) is 50.5 Å². The van der Waals surface area contributed by atoms with E-state index >= 15 is 0 Å². The molecule has 25 heavy (non-hydrogen) atoms. The van der Waals surface area contributed by atoms with Gasteiger partial charge in [-0.1, -0.05) is 23.7 Å². The minimum atomic E-state index is -3.93. The highest BCUT2D eigenvalue weighted by molar-refractivity contribution is 7.89. The number of nitrogens with one attached hydrogen (secondary N) is 2. The summed E-state index contributed by atoms with van der Waals surface area (Å²) in [7, 11) is -2.37. The van der Waals surface area contributed by atoms with Crippen LogP contribution < -0.4 is 15.2 Å². The van der Waals surface area contributed by atoms with Gasteiger partial charge in [0.1, 0.15) is 10.6 Å². The van der Waals surface area contributed by atoms with Crippen LogP contribution in [0.3, 0.4) is 0 Å². The lowest BCUT2D eigenvalue weighted by atomic mass is 10.1. The lowest BCUT2D eigenvalue weighted by Crippen LogP contribution is -2.27. The lowest BCUT2D eigenvalue weighted by Gasteiger charge is -2.15. The first-order valence-electron chi connectivity index (χ1n) is 7.29. The average molecular weight is 383 g/mol. The van der Waals surface area contributed by atoms with E-state index in [0.29, 0.717) is 11.3 Å². The molecule has 1 unspecified atom stereocenters. The van der Waals surface area contributed by atoms with Crippen LogP contribution in [0.2, 0.25) is 5.02 Å². The molecular weight excluding hydrogens is 368 g/mol. The van der Waals surface area contributed by atoms with Crippen LogP contribution in [0.5, 0.6) is 5.75 Å². The maximum absolute atomic E-state index is 12.7. The Morgan fingerprint density at radius 3 is 2.56 bits per heavy atom. The minimum absolute atomic E-state index is 0.0148. The Labute approximate surface area is 148 Å². The second kappa shape index (κ2) is 6.55. The van der Waals surface area contributed by atoms with Crippen LogP contribution in [-0.2, 0) is 10.0 Å². The lowest BCUT2D eigenvalue weighted by molar-refractivity contribution is 0.414. The Morgan fingerprint density at radius 2 is 1.92 bits per heavy atom. The SMILES string of the molecule is COc1ccc(C(C)NS(=O)(=O)c2cc3oc(=O)[nH]c3cc2Cl)cc1. The van der Waals surface area contributed by atoms with Crippen LogP contribution in [0.25, 0.3) is 11.1 Å². The highest BCUT2D eigenvalue weighted by Crippen LogP contribution is 2.28. The fourth-order valence-corrected chi connectivity index (χ4v) is 4.19. The Kier molecular flexibility index (Phi) is 4.59. The van der Waals surface area contributed by atoms with E-state index < -0.39 is 21.8 Å². The van der Waals surface area contributed by atoms with Gasteiger partial charge in [0.15, 0.2) is 5.58 Å². The molecule has 9 heteroatoms. The second-order valence-electron chi connectivity index (χ2n) is 5.41. The molecule has 0 aliphatic heterocycles. The Morgan fingerprint density at radius 1 is 1.24 bits per heavy atom. The van der Waals surface area contributed by atoms with Crippen molar-refractivity contribution in [3.05, 3.63) is 57.5 Å². The van der Waals surface area contributed by atoms with E-state index in [1.165, 1.54) is 12.1 Å². The highest BCUT2D eigenvalue weighted by atomic mass is 35.5. The van der Waals surface area contributed by atoms with Crippen LogP contribution in [0.1, 0.15) is 18.5 Å². The van der Waals surface area contributed by atoms with Crippen molar-refractivity contribution < 1.29 is 17.6 Å². The molecule has 1 aromatic heterocycles. The molecule has 132 valence electrons. The quantitative estimate of drug-likeness (QED) is 0.706. The number of fused-ring (bicyclic) bond motifs is 1. The van der Waals surface area contributed by atoms with Gasteiger partial charge in [-0.25, -0.2) is 17.9 Å². The Bertz CT molecular complexity index is 1070. The number of oxazole rings is 1. The molecule has 7 nitrogen and oxygen atoms in total. The molecule has 0 fully saturated rings. The van der Waals surface area contributed by atoms with Gasteiger partial charge in [0.2, 0.25) is 10.0 Å². The molecule has 1 heterocycles. The summed E-state index contributed by atoms with van der Waals surface area (Å²) in [4.78, 5) is 13.5.